The van der Waals surface area contributed by atoms with E-state index in [2.05, 4.69) is 4.72 Å². The van der Waals surface area contributed by atoms with Gasteiger partial charge in [-0.25, -0.2) is 13.1 Å². The molecule has 0 aromatic rings. The van der Waals surface area contributed by atoms with Crippen LogP contribution in [0.4, 0.5) is 0 Å². The second-order valence-corrected chi connectivity index (χ2v) is 5.17. The molecule has 0 radical (unpaired) electrons. The first-order chi connectivity index (χ1) is 5.52. The van der Waals surface area contributed by atoms with Crippen molar-refractivity contribution in [2.75, 3.05) is 18.2 Å². The van der Waals surface area contributed by atoms with Crippen LogP contribution in [0.25, 0.3) is 0 Å². The van der Waals surface area contributed by atoms with E-state index in [1.165, 1.54) is 0 Å². The standard InChI is InChI=1S/C7H16ClNO2S/c1-3-7(2)6-9-12(10,11)5-4-8/h7,9H,3-6H2,1-2H3. The third-order valence-electron chi connectivity index (χ3n) is 1.69. The predicted octanol–water partition coefficient (Wildman–Crippen LogP) is 1.19. The van der Waals surface area contributed by atoms with Crippen LogP contribution in [0.15, 0.2) is 0 Å². The second kappa shape index (κ2) is 5.78. The molecule has 0 saturated heterocycles. The van der Waals surface area contributed by atoms with Crippen molar-refractivity contribution in [1.82, 2.24) is 4.72 Å². The molecule has 0 amide bonds. The lowest BCUT2D eigenvalue weighted by atomic mass is 10.1. The van der Waals surface area contributed by atoms with E-state index >= 15 is 0 Å². The topological polar surface area (TPSA) is 46.2 Å². The molecule has 1 atom stereocenters. The Kier molecular flexibility index (Phi) is 5.88. The summed E-state index contributed by atoms with van der Waals surface area (Å²) < 4.78 is 24.6. The number of hydrogen-bond donors (Lipinski definition) is 1. The Hall–Kier alpha value is 0.200. The van der Waals surface area contributed by atoms with Crippen molar-refractivity contribution in [2.24, 2.45) is 5.92 Å². The van der Waals surface area contributed by atoms with Gasteiger partial charge >= 0.3 is 0 Å². The van der Waals surface area contributed by atoms with Crippen LogP contribution in [0.1, 0.15) is 20.3 Å². The van der Waals surface area contributed by atoms with Gasteiger partial charge in [0.05, 0.1) is 5.75 Å². The van der Waals surface area contributed by atoms with Gasteiger partial charge in [-0.15, -0.1) is 11.6 Å². The first kappa shape index (κ1) is 12.2. The summed E-state index contributed by atoms with van der Waals surface area (Å²) in [5.74, 6) is 0.538. The Balaban J connectivity index is 3.76. The highest BCUT2D eigenvalue weighted by Crippen LogP contribution is 1.98. The summed E-state index contributed by atoms with van der Waals surface area (Å²) in [4.78, 5) is 0. The summed E-state index contributed by atoms with van der Waals surface area (Å²) in [7, 11) is -3.12. The molecular weight excluding hydrogens is 198 g/mol. The van der Waals surface area contributed by atoms with Crippen molar-refractivity contribution in [3.63, 3.8) is 0 Å². The van der Waals surface area contributed by atoms with Gasteiger partial charge in [-0.2, -0.15) is 0 Å². The summed E-state index contributed by atoms with van der Waals surface area (Å²) in [6.45, 7) is 4.54. The predicted molar refractivity (Wildman–Crippen MR) is 52.0 cm³/mol. The maximum Gasteiger partial charge on any atom is 0.212 e. The van der Waals surface area contributed by atoms with Gasteiger partial charge in [-0.3, -0.25) is 0 Å². The van der Waals surface area contributed by atoms with E-state index in [1.807, 2.05) is 13.8 Å². The lowest BCUT2D eigenvalue weighted by Gasteiger charge is -2.09. The fourth-order valence-corrected chi connectivity index (χ4v) is 2.08. The Morgan fingerprint density at radius 1 is 1.50 bits per heavy atom. The van der Waals surface area contributed by atoms with Crippen molar-refractivity contribution in [3.05, 3.63) is 0 Å². The Bertz CT molecular complexity index is 203. The fraction of sp³-hybridized carbons (Fsp3) is 1.00. The van der Waals surface area contributed by atoms with Crippen molar-refractivity contribution < 1.29 is 8.42 Å². The van der Waals surface area contributed by atoms with Crippen molar-refractivity contribution in [3.8, 4) is 0 Å². The SMILES string of the molecule is CCC(C)CNS(=O)(=O)CCCl. The maximum atomic E-state index is 11.1. The van der Waals surface area contributed by atoms with Crippen molar-refractivity contribution in [1.29, 1.82) is 0 Å². The number of sulfonamides is 1. The zero-order valence-corrected chi connectivity index (χ0v) is 9.08. The monoisotopic (exact) mass is 213 g/mol. The minimum atomic E-state index is -3.12. The summed E-state index contributed by atoms with van der Waals surface area (Å²) in [6, 6.07) is 0. The molecule has 5 heteroatoms. The largest absolute Gasteiger partial charge is 0.215 e. The van der Waals surface area contributed by atoms with Gasteiger partial charge in [-0.1, -0.05) is 20.3 Å². The molecule has 1 unspecified atom stereocenters. The molecule has 74 valence electrons. The van der Waals surface area contributed by atoms with Crippen LogP contribution in [0.3, 0.4) is 0 Å². The number of nitrogens with one attached hydrogen (secondary N) is 1. The lowest BCUT2D eigenvalue weighted by molar-refractivity contribution is 0.529. The maximum absolute atomic E-state index is 11.1. The summed E-state index contributed by atoms with van der Waals surface area (Å²) >= 11 is 5.32. The van der Waals surface area contributed by atoms with Crippen molar-refractivity contribution >= 4 is 21.6 Å². The third-order valence-corrected chi connectivity index (χ3v) is 3.46. The molecule has 1 N–H and O–H groups in total. The van der Waals surface area contributed by atoms with Gasteiger partial charge < -0.3 is 0 Å². The van der Waals surface area contributed by atoms with Gasteiger partial charge in [0.1, 0.15) is 0 Å². The number of hydrogen-bond acceptors (Lipinski definition) is 2. The third kappa shape index (κ3) is 5.80. The molecular formula is C7H16ClNO2S. The quantitative estimate of drug-likeness (QED) is 0.674. The van der Waals surface area contributed by atoms with E-state index in [0.717, 1.165) is 6.42 Å². The minimum absolute atomic E-state index is 0.00495. The molecule has 0 aromatic heterocycles. The molecule has 0 aromatic carbocycles. The van der Waals surface area contributed by atoms with Gasteiger partial charge in [0.15, 0.2) is 0 Å². The van der Waals surface area contributed by atoms with Crippen LogP contribution in [0.2, 0.25) is 0 Å². The fourth-order valence-electron chi connectivity index (χ4n) is 0.587. The van der Waals surface area contributed by atoms with Crippen LogP contribution in [-0.2, 0) is 10.0 Å². The van der Waals surface area contributed by atoms with E-state index in [-0.39, 0.29) is 11.6 Å². The van der Waals surface area contributed by atoms with Gasteiger partial charge in [0, 0.05) is 12.4 Å². The lowest BCUT2D eigenvalue weighted by Crippen LogP contribution is -2.30. The first-order valence-electron chi connectivity index (χ1n) is 4.05. The summed E-state index contributed by atoms with van der Waals surface area (Å²) in [6.07, 6.45) is 0.976. The number of rotatable bonds is 6. The molecule has 0 bridgehead atoms. The normalized spacial score (nSPS) is 14.6. The number of halogens is 1. The zero-order valence-electron chi connectivity index (χ0n) is 7.51. The van der Waals surface area contributed by atoms with E-state index in [0.29, 0.717) is 12.5 Å². The molecule has 0 spiro atoms. The van der Waals surface area contributed by atoms with Crippen LogP contribution >= 0.6 is 11.6 Å². The molecule has 0 fully saturated rings. The van der Waals surface area contributed by atoms with Crippen LogP contribution in [0.5, 0.6) is 0 Å². The molecule has 0 aliphatic heterocycles. The van der Waals surface area contributed by atoms with E-state index in [9.17, 15) is 8.42 Å². The summed E-state index contributed by atoms with van der Waals surface area (Å²) in [5, 5.41) is 0. The molecule has 3 nitrogen and oxygen atoms in total. The van der Waals surface area contributed by atoms with E-state index in [1.54, 1.807) is 0 Å². The smallest absolute Gasteiger partial charge is 0.212 e. The molecule has 0 rings (SSSR count). The number of alkyl halides is 1. The van der Waals surface area contributed by atoms with Gasteiger partial charge in [-0.05, 0) is 5.92 Å². The molecule has 0 aliphatic carbocycles. The minimum Gasteiger partial charge on any atom is -0.215 e. The van der Waals surface area contributed by atoms with E-state index < -0.39 is 10.0 Å². The van der Waals surface area contributed by atoms with Crippen LogP contribution < -0.4 is 4.72 Å². The highest BCUT2D eigenvalue weighted by molar-refractivity contribution is 7.89. The Morgan fingerprint density at radius 2 is 2.08 bits per heavy atom. The van der Waals surface area contributed by atoms with Crippen molar-refractivity contribution in [2.45, 2.75) is 20.3 Å². The molecule has 0 saturated carbocycles. The molecule has 0 heterocycles. The average Bonchev–Trinajstić information content (AvgIpc) is 2.00. The van der Waals surface area contributed by atoms with Gasteiger partial charge in [0.25, 0.3) is 0 Å². The summed E-state index contributed by atoms with van der Waals surface area (Å²) in [5.41, 5.74) is 0. The molecule has 12 heavy (non-hydrogen) atoms. The Labute approximate surface area is 79.5 Å². The highest BCUT2D eigenvalue weighted by Gasteiger charge is 2.09. The van der Waals surface area contributed by atoms with Crippen LogP contribution in [0, 0.1) is 5.92 Å². The zero-order chi connectivity index (χ0) is 9.61. The first-order valence-corrected chi connectivity index (χ1v) is 6.23. The molecule has 0 aliphatic rings. The van der Waals surface area contributed by atoms with E-state index in [4.69, 9.17) is 11.6 Å². The highest BCUT2D eigenvalue weighted by atomic mass is 35.5. The Morgan fingerprint density at radius 3 is 2.50 bits per heavy atom. The van der Waals surface area contributed by atoms with Crippen LogP contribution in [-0.4, -0.2) is 26.6 Å². The van der Waals surface area contributed by atoms with Gasteiger partial charge in [0.2, 0.25) is 10.0 Å². The average molecular weight is 214 g/mol. The second-order valence-electron chi connectivity index (χ2n) is 2.87.